The van der Waals surface area contributed by atoms with Crippen molar-refractivity contribution < 1.29 is 0 Å². The van der Waals surface area contributed by atoms with Crippen LogP contribution < -0.4 is 0 Å². The SMILES string of the molecule is C=C[Si](CCCC)(C(C)CC)N(C)C. The summed E-state index contributed by atoms with van der Waals surface area (Å²) in [5, 5.41) is 0. The molecule has 0 saturated carbocycles. The van der Waals surface area contributed by atoms with E-state index in [1.54, 1.807) is 0 Å². The molecular weight excluding hydrogens is 186 g/mol. The van der Waals surface area contributed by atoms with Crippen molar-refractivity contribution in [2.45, 2.75) is 51.6 Å². The summed E-state index contributed by atoms with van der Waals surface area (Å²) in [4.78, 5) is 0. The van der Waals surface area contributed by atoms with Gasteiger partial charge in [0.2, 0.25) is 0 Å². The molecule has 0 aliphatic heterocycles. The first-order chi connectivity index (χ1) is 6.55. The Balaban J connectivity index is 4.68. The Morgan fingerprint density at radius 3 is 2.21 bits per heavy atom. The van der Waals surface area contributed by atoms with E-state index in [1.807, 2.05) is 0 Å². The van der Waals surface area contributed by atoms with Crippen LogP contribution in [0.1, 0.15) is 40.0 Å². The molecule has 0 N–H and O–H groups in total. The van der Waals surface area contributed by atoms with E-state index in [4.69, 9.17) is 0 Å². The Morgan fingerprint density at radius 1 is 1.36 bits per heavy atom. The maximum atomic E-state index is 4.10. The van der Waals surface area contributed by atoms with E-state index in [0.717, 1.165) is 5.54 Å². The standard InChI is InChI=1S/C12H27NSi/c1-7-10-11-14(9-3,13(5)6)12(4)8-2/h9,12H,3,7-8,10-11H2,1-2,4-6H3. The fourth-order valence-corrected chi connectivity index (χ4v) is 6.63. The summed E-state index contributed by atoms with van der Waals surface area (Å²) in [5.41, 5.74) is 3.11. The number of hydrogen-bond donors (Lipinski definition) is 0. The lowest BCUT2D eigenvalue weighted by Gasteiger charge is -2.40. The van der Waals surface area contributed by atoms with E-state index in [2.05, 4.69) is 51.7 Å². The molecule has 1 nitrogen and oxygen atoms in total. The van der Waals surface area contributed by atoms with Gasteiger partial charge in [-0.05, 0) is 25.7 Å². The molecule has 84 valence electrons. The summed E-state index contributed by atoms with van der Waals surface area (Å²) >= 11 is 0. The van der Waals surface area contributed by atoms with Gasteiger partial charge in [0.25, 0.3) is 0 Å². The molecule has 0 bridgehead atoms. The van der Waals surface area contributed by atoms with Crippen LogP contribution in [-0.4, -0.2) is 26.9 Å². The molecule has 0 heterocycles. The van der Waals surface area contributed by atoms with Gasteiger partial charge in [0.15, 0.2) is 8.24 Å². The second kappa shape index (κ2) is 6.41. The molecule has 0 amide bonds. The van der Waals surface area contributed by atoms with Crippen LogP contribution in [0.5, 0.6) is 0 Å². The van der Waals surface area contributed by atoms with Gasteiger partial charge in [-0.25, -0.2) is 0 Å². The molecule has 0 saturated heterocycles. The summed E-state index contributed by atoms with van der Waals surface area (Å²) in [6.45, 7) is 11.1. The van der Waals surface area contributed by atoms with Crippen molar-refractivity contribution in [1.82, 2.24) is 4.57 Å². The highest BCUT2D eigenvalue weighted by Gasteiger charge is 2.36. The Hall–Kier alpha value is -0.0831. The van der Waals surface area contributed by atoms with Crippen molar-refractivity contribution >= 4 is 8.24 Å². The fraction of sp³-hybridized carbons (Fsp3) is 0.833. The molecule has 2 atom stereocenters. The molecule has 0 aromatic carbocycles. The van der Waals surface area contributed by atoms with Crippen LogP contribution in [0.2, 0.25) is 11.6 Å². The predicted molar refractivity (Wildman–Crippen MR) is 69.1 cm³/mol. The van der Waals surface area contributed by atoms with E-state index in [9.17, 15) is 0 Å². The van der Waals surface area contributed by atoms with Gasteiger partial charge in [-0.2, -0.15) is 0 Å². The minimum Gasteiger partial charge on any atom is -0.326 e. The average Bonchev–Trinajstić information content (AvgIpc) is 2.18. The zero-order valence-corrected chi connectivity index (χ0v) is 11.6. The third kappa shape index (κ3) is 2.96. The molecule has 0 aliphatic rings. The van der Waals surface area contributed by atoms with Crippen molar-refractivity contribution in [1.29, 1.82) is 0 Å². The predicted octanol–water partition coefficient (Wildman–Crippen LogP) is 3.82. The Bertz CT molecular complexity index is 168. The summed E-state index contributed by atoms with van der Waals surface area (Å²) in [6.07, 6.45) is 3.92. The van der Waals surface area contributed by atoms with Gasteiger partial charge in [-0.3, -0.25) is 0 Å². The highest BCUT2D eigenvalue weighted by atomic mass is 28.3. The van der Waals surface area contributed by atoms with Crippen molar-refractivity contribution in [2.24, 2.45) is 0 Å². The van der Waals surface area contributed by atoms with Crippen LogP contribution in [0.15, 0.2) is 12.3 Å². The summed E-state index contributed by atoms with van der Waals surface area (Å²) in [5.74, 6) is 0. The second-order valence-corrected chi connectivity index (χ2v) is 9.27. The van der Waals surface area contributed by atoms with Gasteiger partial charge in [-0.1, -0.05) is 45.7 Å². The maximum absolute atomic E-state index is 4.10. The lowest BCUT2D eigenvalue weighted by atomic mass is 10.4. The van der Waals surface area contributed by atoms with Crippen molar-refractivity contribution in [3.8, 4) is 0 Å². The zero-order valence-electron chi connectivity index (χ0n) is 10.6. The van der Waals surface area contributed by atoms with E-state index >= 15 is 0 Å². The van der Waals surface area contributed by atoms with Gasteiger partial charge in [0, 0.05) is 0 Å². The van der Waals surface area contributed by atoms with Crippen LogP contribution >= 0.6 is 0 Å². The third-order valence-corrected chi connectivity index (χ3v) is 9.22. The van der Waals surface area contributed by atoms with Crippen molar-refractivity contribution in [3.63, 3.8) is 0 Å². The number of hydrogen-bond acceptors (Lipinski definition) is 1. The highest BCUT2D eigenvalue weighted by Crippen LogP contribution is 2.32. The molecule has 0 aliphatic carbocycles. The van der Waals surface area contributed by atoms with Crippen LogP contribution in [0, 0.1) is 0 Å². The largest absolute Gasteiger partial charge is 0.326 e. The molecular formula is C12H27NSi. The van der Waals surface area contributed by atoms with E-state index < -0.39 is 8.24 Å². The number of nitrogens with zero attached hydrogens (tertiary/aromatic N) is 1. The van der Waals surface area contributed by atoms with Crippen LogP contribution in [-0.2, 0) is 0 Å². The number of unbranched alkanes of at least 4 members (excludes halogenated alkanes) is 1. The molecule has 0 aromatic rings. The quantitative estimate of drug-likeness (QED) is 0.581. The fourth-order valence-electron chi connectivity index (χ4n) is 2.21. The minimum atomic E-state index is -1.37. The lowest BCUT2D eigenvalue weighted by Crippen LogP contribution is -2.51. The molecule has 0 fully saturated rings. The van der Waals surface area contributed by atoms with Gasteiger partial charge >= 0.3 is 0 Å². The Morgan fingerprint density at radius 2 is 1.93 bits per heavy atom. The Kier molecular flexibility index (Phi) is 6.37. The first-order valence-electron chi connectivity index (χ1n) is 5.86. The first-order valence-corrected chi connectivity index (χ1v) is 8.17. The molecule has 14 heavy (non-hydrogen) atoms. The summed E-state index contributed by atoms with van der Waals surface area (Å²) in [7, 11) is 3.09. The summed E-state index contributed by atoms with van der Waals surface area (Å²) in [6, 6.07) is 1.37. The topological polar surface area (TPSA) is 3.24 Å². The van der Waals surface area contributed by atoms with E-state index in [-0.39, 0.29) is 0 Å². The summed E-state index contributed by atoms with van der Waals surface area (Å²) < 4.78 is 2.48. The average molecular weight is 213 g/mol. The first kappa shape index (κ1) is 13.9. The van der Waals surface area contributed by atoms with Gasteiger partial charge in [0.1, 0.15) is 0 Å². The van der Waals surface area contributed by atoms with Gasteiger partial charge < -0.3 is 4.57 Å². The van der Waals surface area contributed by atoms with Crippen molar-refractivity contribution in [2.75, 3.05) is 14.1 Å². The van der Waals surface area contributed by atoms with Crippen LogP contribution in [0.3, 0.4) is 0 Å². The van der Waals surface area contributed by atoms with Crippen LogP contribution in [0.4, 0.5) is 0 Å². The monoisotopic (exact) mass is 213 g/mol. The molecule has 0 aromatic heterocycles. The van der Waals surface area contributed by atoms with Crippen molar-refractivity contribution in [3.05, 3.63) is 12.3 Å². The lowest BCUT2D eigenvalue weighted by molar-refractivity contribution is 0.578. The second-order valence-electron chi connectivity index (χ2n) is 4.50. The van der Waals surface area contributed by atoms with Gasteiger partial charge in [0.05, 0.1) is 0 Å². The van der Waals surface area contributed by atoms with Gasteiger partial charge in [-0.15, -0.1) is 6.58 Å². The van der Waals surface area contributed by atoms with Crippen LogP contribution in [0.25, 0.3) is 0 Å². The smallest absolute Gasteiger partial charge is 0.154 e. The highest BCUT2D eigenvalue weighted by molar-refractivity contribution is 6.83. The van der Waals surface area contributed by atoms with E-state index in [1.165, 1.54) is 25.3 Å². The van der Waals surface area contributed by atoms with E-state index in [0.29, 0.717) is 0 Å². The molecule has 2 unspecified atom stereocenters. The molecule has 0 radical (unpaired) electrons. The molecule has 0 rings (SSSR count). The third-order valence-electron chi connectivity index (χ3n) is 3.58. The minimum absolute atomic E-state index is 0.821. The molecule has 0 spiro atoms. The Labute approximate surface area is 91.3 Å². The molecule has 2 heteroatoms. The number of rotatable bonds is 7. The maximum Gasteiger partial charge on any atom is 0.154 e. The zero-order chi connectivity index (χ0) is 11.2. The normalized spacial score (nSPS) is 17.9.